The first-order chi connectivity index (χ1) is 12.5. The van der Waals surface area contributed by atoms with Crippen molar-refractivity contribution in [1.29, 1.82) is 0 Å². The molecule has 0 amide bonds. The molecule has 0 saturated heterocycles. The van der Waals surface area contributed by atoms with Crippen molar-refractivity contribution in [3.63, 3.8) is 0 Å². The Morgan fingerprint density at radius 3 is 2.62 bits per heavy atom. The van der Waals surface area contributed by atoms with Gasteiger partial charge in [-0.25, -0.2) is 0 Å². The minimum absolute atomic E-state index is 0.00663. The van der Waals surface area contributed by atoms with Gasteiger partial charge in [-0.15, -0.1) is 6.42 Å². The van der Waals surface area contributed by atoms with Crippen molar-refractivity contribution in [3.8, 4) is 12.3 Å². The predicted octanol–water partition coefficient (Wildman–Crippen LogP) is 4.66. The highest BCUT2D eigenvalue weighted by Crippen LogP contribution is 2.30. The predicted molar refractivity (Wildman–Crippen MR) is 105 cm³/mol. The van der Waals surface area contributed by atoms with E-state index >= 15 is 0 Å². The van der Waals surface area contributed by atoms with Gasteiger partial charge in [0.25, 0.3) is 0 Å². The summed E-state index contributed by atoms with van der Waals surface area (Å²) in [5.41, 5.74) is 1.48. The fourth-order valence-electron chi connectivity index (χ4n) is 2.57. The molecule has 0 unspecified atom stereocenters. The Morgan fingerprint density at radius 2 is 2.04 bits per heavy atom. The molecule has 0 spiro atoms. The van der Waals surface area contributed by atoms with E-state index in [0.717, 1.165) is 49.2 Å². The number of benzene rings is 1. The van der Waals surface area contributed by atoms with Gasteiger partial charge in [-0.1, -0.05) is 31.4 Å². The average Bonchev–Trinajstić information content (AvgIpc) is 3.41. The Kier molecular flexibility index (Phi) is 7.56. The highest BCUT2D eigenvalue weighted by Gasteiger charge is 2.31. The zero-order chi connectivity index (χ0) is 19.1. The lowest BCUT2D eigenvalue weighted by Crippen LogP contribution is -2.28. The normalized spacial score (nSPS) is 13.2. The molecular formula is C21H26ClNO3. The molecule has 0 radical (unpaired) electrons. The molecule has 1 aliphatic rings. The van der Waals surface area contributed by atoms with Crippen LogP contribution >= 0.6 is 11.6 Å². The molecule has 1 aromatic carbocycles. The van der Waals surface area contributed by atoms with E-state index in [1.54, 1.807) is 6.07 Å². The molecule has 26 heavy (non-hydrogen) atoms. The van der Waals surface area contributed by atoms with Gasteiger partial charge < -0.3 is 14.1 Å². The van der Waals surface area contributed by atoms with Gasteiger partial charge in [-0.05, 0) is 51.1 Å². The number of carbonyl (C=O) groups excluding carboxylic acids is 1. The Bertz CT molecular complexity index is 782. The standard InChI is InChI=1S/C11H7ClO.C10H19NO2/c1-3-8-5-9-4-7(2)13-11(9)10(12)6-8;1-3-11(4-2)7-8-13-10(12)9-5-6-9/h1,4-6H,2H3;9H,3-8H2,1-2H3. The van der Waals surface area contributed by atoms with Gasteiger partial charge in [-0.2, -0.15) is 0 Å². The van der Waals surface area contributed by atoms with Crippen LogP contribution in [-0.2, 0) is 9.53 Å². The largest absolute Gasteiger partial charge is 0.464 e. The summed E-state index contributed by atoms with van der Waals surface area (Å²) < 4.78 is 10.5. The van der Waals surface area contributed by atoms with E-state index in [-0.39, 0.29) is 11.9 Å². The molecule has 5 heteroatoms. The summed E-state index contributed by atoms with van der Waals surface area (Å²) in [6.07, 6.45) is 7.34. The van der Waals surface area contributed by atoms with E-state index in [9.17, 15) is 4.79 Å². The summed E-state index contributed by atoms with van der Waals surface area (Å²) in [4.78, 5) is 13.4. The monoisotopic (exact) mass is 375 g/mol. The lowest BCUT2D eigenvalue weighted by molar-refractivity contribution is -0.145. The molecule has 140 valence electrons. The Labute approximate surface area is 160 Å². The molecule has 4 nitrogen and oxygen atoms in total. The lowest BCUT2D eigenvalue weighted by Gasteiger charge is -2.17. The number of rotatable bonds is 6. The summed E-state index contributed by atoms with van der Waals surface area (Å²) in [6, 6.07) is 5.53. The Hall–Kier alpha value is -1.96. The van der Waals surface area contributed by atoms with Crippen LogP contribution in [0, 0.1) is 25.2 Å². The molecular weight excluding hydrogens is 350 g/mol. The van der Waals surface area contributed by atoms with Gasteiger partial charge in [0.1, 0.15) is 12.4 Å². The quantitative estimate of drug-likeness (QED) is 0.544. The minimum Gasteiger partial charge on any atom is -0.464 e. The summed E-state index contributed by atoms with van der Waals surface area (Å²) >= 11 is 5.96. The highest BCUT2D eigenvalue weighted by atomic mass is 35.5. The number of esters is 1. The van der Waals surface area contributed by atoms with Gasteiger partial charge in [0.05, 0.1) is 10.9 Å². The molecule has 1 heterocycles. The van der Waals surface area contributed by atoms with Crippen LogP contribution in [-0.4, -0.2) is 37.1 Å². The zero-order valence-electron chi connectivity index (χ0n) is 15.7. The number of aryl methyl sites for hydroxylation is 1. The summed E-state index contributed by atoms with van der Waals surface area (Å²) in [6.45, 7) is 9.59. The van der Waals surface area contributed by atoms with Crippen LogP contribution in [0.3, 0.4) is 0 Å². The number of nitrogens with zero attached hydrogens (tertiary/aromatic N) is 1. The number of furan rings is 1. The first-order valence-electron chi connectivity index (χ1n) is 9.03. The molecule has 0 aliphatic heterocycles. The van der Waals surface area contributed by atoms with Crippen LogP contribution in [0.15, 0.2) is 22.6 Å². The second-order valence-electron chi connectivity index (χ2n) is 6.35. The molecule has 1 fully saturated rings. The first kappa shape index (κ1) is 20.4. The fourth-order valence-corrected chi connectivity index (χ4v) is 2.84. The van der Waals surface area contributed by atoms with Crippen molar-refractivity contribution in [2.45, 2.75) is 33.6 Å². The van der Waals surface area contributed by atoms with E-state index in [1.165, 1.54) is 0 Å². The molecule has 1 saturated carbocycles. The third kappa shape index (κ3) is 5.79. The molecule has 0 N–H and O–H groups in total. The molecule has 0 bridgehead atoms. The van der Waals surface area contributed by atoms with E-state index in [4.69, 9.17) is 27.2 Å². The average molecular weight is 376 g/mol. The molecule has 2 aromatic rings. The van der Waals surface area contributed by atoms with Crippen LogP contribution in [0.1, 0.15) is 38.0 Å². The van der Waals surface area contributed by atoms with Crippen molar-refractivity contribution < 1.29 is 13.9 Å². The number of ether oxygens (including phenoxy) is 1. The van der Waals surface area contributed by atoms with E-state index < -0.39 is 0 Å². The van der Waals surface area contributed by atoms with Crippen LogP contribution in [0.4, 0.5) is 0 Å². The third-order valence-corrected chi connectivity index (χ3v) is 4.60. The van der Waals surface area contributed by atoms with Crippen molar-refractivity contribution >= 4 is 28.5 Å². The lowest BCUT2D eigenvalue weighted by atomic mass is 10.2. The van der Waals surface area contributed by atoms with Gasteiger partial charge in [-0.3, -0.25) is 4.79 Å². The van der Waals surface area contributed by atoms with E-state index in [2.05, 4.69) is 24.7 Å². The maximum atomic E-state index is 11.1. The van der Waals surface area contributed by atoms with Crippen molar-refractivity contribution in [3.05, 3.63) is 34.5 Å². The van der Waals surface area contributed by atoms with Crippen molar-refractivity contribution in [2.75, 3.05) is 26.2 Å². The van der Waals surface area contributed by atoms with Crippen LogP contribution in [0.5, 0.6) is 0 Å². The van der Waals surface area contributed by atoms with Crippen LogP contribution < -0.4 is 0 Å². The van der Waals surface area contributed by atoms with Crippen molar-refractivity contribution in [1.82, 2.24) is 4.90 Å². The highest BCUT2D eigenvalue weighted by molar-refractivity contribution is 6.35. The maximum absolute atomic E-state index is 11.1. The molecule has 1 aliphatic carbocycles. The number of fused-ring (bicyclic) bond motifs is 1. The van der Waals surface area contributed by atoms with Crippen molar-refractivity contribution in [2.24, 2.45) is 5.92 Å². The second-order valence-corrected chi connectivity index (χ2v) is 6.75. The third-order valence-electron chi connectivity index (χ3n) is 4.32. The number of likely N-dealkylation sites (N-methyl/N-ethyl adjacent to an activating group) is 1. The van der Waals surface area contributed by atoms with Gasteiger partial charge in [0, 0.05) is 17.5 Å². The maximum Gasteiger partial charge on any atom is 0.308 e. The number of hydrogen-bond donors (Lipinski definition) is 0. The second kappa shape index (κ2) is 9.66. The summed E-state index contributed by atoms with van der Waals surface area (Å²) in [5, 5.41) is 1.52. The van der Waals surface area contributed by atoms with Crippen LogP contribution in [0.2, 0.25) is 5.02 Å². The molecule has 0 atom stereocenters. The zero-order valence-corrected chi connectivity index (χ0v) is 16.4. The van der Waals surface area contributed by atoms with Gasteiger partial charge >= 0.3 is 5.97 Å². The number of terminal acetylenes is 1. The number of carbonyl (C=O) groups is 1. The van der Waals surface area contributed by atoms with Crippen LogP contribution in [0.25, 0.3) is 11.0 Å². The first-order valence-corrected chi connectivity index (χ1v) is 9.41. The Balaban J connectivity index is 0.000000187. The Morgan fingerprint density at radius 1 is 1.35 bits per heavy atom. The van der Waals surface area contributed by atoms with Gasteiger partial charge in [0.2, 0.25) is 0 Å². The smallest absolute Gasteiger partial charge is 0.308 e. The molecule has 1 aromatic heterocycles. The SMILES string of the molecule is C#Cc1cc(Cl)c2oc(C)cc2c1.CCN(CC)CCOC(=O)C1CC1. The fraction of sp³-hybridized carbons (Fsp3) is 0.476. The number of halogens is 1. The topological polar surface area (TPSA) is 42.7 Å². The number of hydrogen-bond acceptors (Lipinski definition) is 4. The van der Waals surface area contributed by atoms with Gasteiger partial charge in [0.15, 0.2) is 5.58 Å². The minimum atomic E-state index is 0.00663. The summed E-state index contributed by atoms with van der Waals surface area (Å²) in [5.74, 6) is 3.62. The molecule has 3 rings (SSSR count). The van der Waals surface area contributed by atoms with E-state index in [1.807, 2.05) is 19.1 Å². The summed E-state index contributed by atoms with van der Waals surface area (Å²) in [7, 11) is 0. The van der Waals surface area contributed by atoms with E-state index in [0.29, 0.717) is 17.2 Å².